The molecule has 4 rings (SSSR count). The molecule has 0 amide bonds. The first-order valence-electron chi connectivity index (χ1n) is 14.0. The number of nitrogens with zero attached hydrogens (tertiary/aromatic N) is 2. The van der Waals surface area contributed by atoms with Crippen LogP contribution in [0.3, 0.4) is 0 Å². The van der Waals surface area contributed by atoms with Gasteiger partial charge in [0.2, 0.25) is 0 Å². The molecule has 4 aromatic rings. The molecule has 0 atom stereocenters. The quantitative estimate of drug-likeness (QED) is 0.214. The lowest BCUT2D eigenvalue weighted by Crippen LogP contribution is -2.30. The third-order valence-corrected chi connectivity index (χ3v) is 7.32. The van der Waals surface area contributed by atoms with Gasteiger partial charge in [-0.2, -0.15) is 0 Å². The largest absolute Gasteiger partial charge is 0.328 e. The smallest absolute Gasteiger partial charge is 0.293 e. The van der Waals surface area contributed by atoms with Crippen molar-refractivity contribution in [1.29, 1.82) is 0 Å². The summed E-state index contributed by atoms with van der Waals surface area (Å²) >= 11 is 0. The van der Waals surface area contributed by atoms with Crippen LogP contribution >= 0.6 is 0 Å². The van der Waals surface area contributed by atoms with Crippen molar-refractivity contribution in [3.63, 3.8) is 0 Å². The van der Waals surface area contributed by atoms with Gasteiger partial charge in [0.25, 0.3) is 11.1 Å². The van der Waals surface area contributed by atoms with Crippen LogP contribution in [0.4, 0.5) is 0 Å². The molecule has 8 heteroatoms. The maximum absolute atomic E-state index is 12.2. The molecule has 38 heavy (non-hydrogen) atoms. The highest BCUT2D eigenvalue weighted by Crippen LogP contribution is 2.14. The Labute approximate surface area is 221 Å². The number of hydrogen-bond donors (Lipinski definition) is 2. The van der Waals surface area contributed by atoms with Crippen molar-refractivity contribution in [3.05, 3.63) is 90.2 Å². The molecule has 2 aromatic heterocycles. The molecule has 0 radical (unpaired) electrons. The third-order valence-electron chi connectivity index (χ3n) is 7.32. The number of aromatic amines is 2. The van der Waals surface area contributed by atoms with Gasteiger partial charge < -0.3 is 0 Å². The maximum Gasteiger partial charge on any atom is 0.328 e. The molecular weight excluding hydrogens is 480 g/mol. The highest BCUT2D eigenvalue weighted by molar-refractivity contribution is 5.78. The summed E-state index contributed by atoms with van der Waals surface area (Å²) in [5.74, 6) is 0. The monoisotopic (exact) mass is 518 g/mol. The van der Waals surface area contributed by atoms with Crippen molar-refractivity contribution in [3.8, 4) is 0 Å². The van der Waals surface area contributed by atoms with Crippen molar-refractivity contribution < 1.29 is 0 Å². The van der Waals surface area contributed by atoms with Crippen LogP contribution < -0.4 is 22.5 Å². The topological polar surface area (TPSA) is 110 Å². The minimum Gasteiger partial charge on any atom is -0.293 e. The summed E-state index contributed by atoms with van der Waals surface area (Å²) in [4.78, 5) is 53.2. The number of rotatable bonds is 15. The Bertz CT molecular complexity index is 1460. The number of benzene rings is 2. The van der Waals surface area contributed by atoms with Crippen LogP contribution in [-0.4, -0.2) is 19.1 Å². The van der Waals surface area contributed by atoms with Gasteiger partial charge in [0.1, 0.15) is 0 Å². The lowest BCUT2D eigenvalue weighted by molar-refractivity contribution is 0.517. The number of nitrogens with one attached hydrogen (secondary N) is 2. The number of aryl methyl sites for hydroxylation is 2. The number of fused-ring (bicyclic) bond motifs is 2. The average molecular weight is 519 g/mol. The molecule has 8 nitrogen and oxygen atoms in total. The highest BCUT2D eigenvalue weighted by atomic mass is 16.2. The molecule has 0 fully saturated rings. The lowest BCUT2D eigenvalue weighted by Gasteiger charge is -2.09. The van der Waals surface area contributed by atoms with E-state index < -0.39 is 0 Å². The molecule has 0 aliphatic rings. The zero-order valence-corrected chi connectivity index (χ0v) is 22.0. The molecule has 0 unspecified atom stereocenters. The van der Waals surface area contributed by atoms with Crippen LogP contribution in [0.5, 0.6) is 0 Å². The Morgan fingerprint density at radius 2 is 0.763 bits per heavy atom. The van der Waals surface area contributed by atoms with Gasteiger partial charge in [-0.3, -0.25) is 28.7 Å². The Balaban J connectivity index is 1.03. The van der Waals surface area contributed by atoms with Gasteiger partial charge in [0.05, 0.1) is 21.8 Å². The SMILES string of the molecule is O=c1[nH]c(=O)n(CCCCCCCCCCCCCCn2c(=O)[nH]c(=O)c3ccccc32)c2ccccc12. The first-order chi connectivity index (χ1) is 18.6. The zero-order chi connectivity index (χ0) is 26.7. The summed E-state index contributed by atoms with van der Waals surface area (Å²) in [7, 11) is 0. The molecule has 0 saturated heterocycles. The summed E-state index contributed by atoms with van der Waals surface area (Å²) < 4.78 is 3.36. The molecule has 2 heterocycles. The van der Waals surface area contributed by atoms with Gasteiger partial charge in [-0.05, 0) is 37.1 Å². The summed E-state index contributed by atoms with van der Waals surface area (Å²) in [6.07, 6.45) is 13.7. The van der Waals surface area contributed by atoms with Crippen LogP contribution in [0.25, 0.3) is 21.8 Å². The van der Waals surface area contributed by atoms with Crippen LogP contribution in [0, 0.1) is 0 Å². The minimum absolute atomic E-state index is 0.321. The van der Waals surface area contributed by atoms with E-state index in [2.05, 4.69) is 9.97 Å². The van der Waals surface area contributed by atoms with Crippen molar-refractivity contribution in [2.24, 2.45) is 0 Å². The number of H-pyrrole nitrogens is 2. The van der Waals surface area contributed by atoms with Crippen LogP contribution in [-0.2, 0) is 13.1 Å². The van der Waals surface area contributed by atoms with Gasteiger partial charge in [0.15, 0.2) is 0 Å². The fourth-order valence-corrected chi connectivity index (χ4v) is 5.24. The predicted molar refractivity (Wildman–Crippen MR) is 153 cm³/mol. The summed E-state index contributed by atoms with van der Waals surface area (Å²) in [6, 6.07) is 14.5. The Morgan fingerprint density at radius 1 is 0.447 bits per heavy atom. The summed E-state index contributed by atoms with van der Waals surface area (Å²) in [5.41, 5.74) is 0.122. The Hall–Kier alpha value is -3.68. The second-order valence-corrected chi connectivity index (χ2v) is 10.1. The Morgan fingerprint density at radius 3 is 1.13 bits per heavy atom. The molecular formula is C30H38N4O4. The fraction of sp³-hybridized carbons (Fsp3) is 0.467. The van der Waals surface area contributed by atoms with E-state index in [9.17, 15) is 19.2 Å². The van der Waals surface area contributed by atoms with E-state index in [1.165, 1.54) is 38.5 Å². The molecule has 2 N–H and O–H groups in total. The van der Waals surface area contributed by atoms with E-state index in [1.807, 2.05) is 36.4 Å². The van der Waals surface area contributed by atoms with E-state index in [0.717, 1.165) is 38.5 Å². The van der Waals surface area contributed by atoms with Crippen LogP contribution in [0.2, 0.25) is 0 Å². The van der Waals surface area contributed by atoms with Crippen molar-refractivity contribution in [2.75, 3.05) is 0 Å². The van der Waals surface area contributed by atoms with Crippen molar-refractivity contribution >= 4 is 21.8 Å². The second-order valence-electron chi connectivity index (χ2n) is 10.1. The standard InChI is InChI=1S/C30H38N4O4/c35-27-23-17-11-13-19-25(23)33(29(37)31-27)21-15-9-7-5-3-1-2-4-6-8-10-16-22-34-26-20-14-12-18-24(26)28(36)32-30(34)38/h11-14,17-20H,1-10,15-16,21-22H2,(H,31,35,37)(H,32,36,38). The van der Waals surface area contributed by atoms with Crippen molar-refractivity contribution in [1.82, 2.24) is 19.1 Å². The molecule has 2 aromatic carbocycles. The number of hydrogen-bond acceptors (Lipinski definition) is 4. The van der Waals surface area contributed by atoms with Gasteiger partial charge in [-0.25, -0.2) is 9.59 Å². The molecule has 0 saturated carbocycles. The van der Waals surface area contributed by atoms with Gasteiger partial charge in [-0.1, -0.05) is 88.5 Å². The average Bonchev–Trinajstić information content (AvgIpc) is 2.92. The fourth-order valence-electron chi connectivity index (χ4n) is 5.24. The van der Waals surface area contributed by atoms with E-state index in [-0.39, 0.29) is 22.5 Å². The summed E-state index contributed by atoms with van der Waals surface area (Å²) in [6.45, 7) is 1.26. The van der Waals surface area contributed by atoms with E-state index in [0.29, 0.717) is 34.9 Å². The highest BCUT2D eigenvalue weighted by Gasteiger charge is 2.07. The molecule has 0 aliphatic carbocycles. The van der Waals surface area contributed by atoms with E-state index in [4.69, 9.17) is 0 Å². The number of para-hydroxylation sites is 2. The normalized spacial score (nSPS) is 11.5. The van der Waals surface area contributed by atoms with Crippen LogP contribution in [0.15, 0.2) is 67.7 Å². The first-order valence-corrected chi connectivity index (χ1v) is 14.0. The second kappa shape index (κ2) is 13.7. The number of aromatic nitrogens is 4. The van der Waals surface area contributed by atoms with E-state index >= 15 is 0 Å². The van der Waals surface area contributed by atoms with Crippen molar-refractivity contribution in [2.45, 2.75) is 90.1 Å². The summed E-state index contributed by atoms with van der Waals surface area (Å²) in [5, 5.41) is 1.12. The third kappa shape index (κ3) is 7.00. The molecule has 0 bridgehead atoms. The maximum atomic E-state index is 12.2. The molecule has 0 aliphatic heterocycles. The molecule has 0 spiro atoms. The van der Waals surface area contributed by atoms with Gasteiger partial charge in [-0.15, -0.1) is 0 Å². The first kappa shape index (κ1) is 27.4. The van der Waals surface area contributed by atoms with Gasteiger partial charge >= 0.3 is 11.4 Å². The Kier molecular flexibility index (Phi) is 9.90. The predicted octanol–water partition coefficient (Wildman–Crippen LogP) is 5.07. The molecule has 202 valence electrons. The van der Waals surface area contributed by atoms with E-state index in [1.54, 1.807) is 21.3 Å². The number of unbranched alkanes of at least 4 members (excludes halogenated alkanes) is 11. The zero-order valence-electron chi connectivity index (χ0n) is 22.0. The van der Waals surface area contributed by atoms with Gasteiger partial charge in [0, 0.05) is 13.1 Å². The lowest BCUT2D eigenvalue weighted by atomic mass is 10.0. The van der Waals surface area contributed by atoms with Crippen LogP contribution in [0.1, 0.15) is 77.0 Å². The minimum atomic E-state index is -0.326.